The molecule has 35 heavy (non-hydrogen) atoms. The van der Waals surface area contributed by atoms with Gasteiger partial charge >= 0.3 is 5.97 Å². The third kappa shape index (κ3) is 4.73. The minimum absolute atomic E-state index is 0.106. The summed E-state index contributed by atoms with van der Waals surface area (Å²) < 4.78 is 44.2. The summed E-state index contributed by atoms with van der Waals surface area (Å²) in [5, 5.41) is 15.6. The molecule has 0 fully saturated rings. The number of halogens is 2. The van der Waals surface area contributed by atoms with Crippen molar-refractivity contribution in [2.24, 2.45) is 5.73 Å². The SMILES string of the molecule is COc1cc(C(=O)O)on1.Cc1nc(-c2c(F)c3cc(F)ccc3n2-c2ccc(CN)cc2)no1. The van der Waals surface area contributed by atoms with Crippen molar-refractivity contribution in [1.29, 1.82) is 0 Å². The van der Waals surface area contributed by atoms with Gasteiger partial charge in [0.25, 0.3) is 5.88 Å². The van der Waals surface area contributed by atoms with Gasteiger partial charge in [0.1, 0.15) is 11.5 Å². The van der Waals surface area contributed by atoms with E-state index in [1.54, 1.807) is 11.5 Å². The molecule has 180 valence electrons. The van der Waals surface area contributed by atoms with Crippen LogP contribution in [0.2, 0.25) is 0 Å². The number of aromatic nitrogens is 4. The zero-order valence-electron chi connectivity index (χ0n) is 18.5. The molecule has 12 heteroatoms. The van der Waals surface area contributed by atoms with Gasteiger partial charge in [0, 0.05) is 24.5 Å². The fraction of sp³-hybridized carbons (Fsp3) is 0.130. The number of hydrogen-bond donors (Lipinski definition) is 2. The summed E-state index contributed by atoms with van der Waals surface area (Å²) in [6, 6.07) is 12.5. The summed E-state index contributed by atoms with van der Waals surface area (Å²) in [6.07, 6.45) is 0. The second-order valence-corrected chi connectivity index (χ2v) is 7.21. The van der Waals surface area contributed by atoms with Crippen LogP contribution in [-0.2, 0) is 6.54 Å². The van der Waals surface area contributed by atoms with Gasteiger partial charge in [0.15, 0.2) is 5.82 Å². The highest BCUT2D eigenvalue weighted by atomic mass is 19.1. The predicted molar refractivity (Wildman–Crippen MR) is 119 cm³/mol. The largest absolute Gasteiger partial charge is 0.479 e. The van der Waals surface area contributed by atoms with E-state index in [0.29, 0.717) is 23.6 Å². The predicted octanol–water partition coefficient (Wildman–Crippen LogP) is 4.11. The van der Waals surface area contributed by atoms with Crippen molar-refractivity contribution in [3.8, 4) is 23.1 Å². The molecule has 5 rings (SSSR count). The van der Waals surface area contributed by atoms with Crippen LogP contribution < -0.4 is 10.5 Å². The Labute approximate surface area is 196 Å². The van der Waals surface area contributed by atoms with Crippen molar-refractivity contribution in [2.75, 3.05) is 7.11 Å². The zero-order chi connectivity index (χ0) is 25.1. The Morgan fingerprint density at radius 1 is 1.11 bits per heavy atom. The first-order chi connectivity index (χ1) is 16.8. The van der Waals surface area contributed by atoms with Crippen LogP contribution in [0.5, 0.6) is 5.88 Å². The van der Waals surface area contributed by atoms with Crippen LogP contribution in [0.15, 0.2) is 57.6 Å². The molecular weight excluding hydrogens is 464 g/mol. The number of fused-ring (bicyclic) bond motifs is 1. The molecule has 0 bridgehead atoms. The molecule has 3 heterocycles. The molecule has 0 aliphatic carbocycles. The number of nitrogens with two attached hydrogens (primary N) is 1. The average Bonchev–Trinajstić information content (AvgIpc) is 3.58. The zero-order valence-corrected chi connectivity index (χ0v) is 18.5. The lowest BCUT2D eigenvalue weighted by Gasteiger charge is -2.09. The van der Waals surface area contributed by atoms with E-state index in [4.69, 9.17) is 15.4 Å². The van der Waals surface area contributed by atoms with Crippen LogP contribution in [0, 0.1) is 18.6 Å². The summed E-state index contributed by atoms with van der Waals surface area (Å²) in [7, 11) is 1.38. The van der Waals surface area contributed by atoms with Crippen LogP contribution in [0.1, 0.15) is 22.0 Å². The van der Waals surface area contributed by atoms with Gasteiger partial charge in [0.2, 0.25) is 17.5 Å². The highest BCUT2D eigenvalue weighted by molar-refractivity contribution is 5.89. The Kier molecular flexibility index (Phi) is 6.55. The van der Waals surface area contributed by atoms with Crippen LogP contribution in [-0.4, -0.2) is 38.1 Å². The van der Waals surface area contributed by atoms with Gasteiger partial charge < -0.3 is 29.2 Å². The first-order valence-electron chi connectivity index (χ1n) is 10.2. The maximum atomic E-state index is 15.1. The van der Waals surface area contributed by atoms with Crippen molar-refractivity contribution in [3.05, 3.63) is 77.4 Å². The first kappa shape index (κ1) is 23.6. The van der Waals surface area contributed by atoms with Crippen molar-refractivity contribution in [3.63, 3.8) is 0 Å². The fourth-order valence-corrected chi connectivity index (χ4v) is 3.32. The lowest BCUT2D eigenvalue weighted by molar-refractivity contribution is 0.0651. The number of methoxy groups -OCH3 is 1. The number of ether oxygens (including phenoxy) is 1. The molecular formula is C23H19F2N5O5. The van der Waals surface area contributed by atoms with Crippen LogP contribution in [0.4, 0.5) is 8.78 Å². The quantitative estimate of drug-likeness (QED) is 0.377. The minimum Gasteiger partial charge on any atom is -0.479 e. The maximum absolute atomic E-state index is 15.1. The second kappa shape index (κ2) is 9.73. The van der Waals surface area contributed by atoms with Crippen LogP contribution >= 0.6 is 0 Å². The lowest BCUT2D eigenvalue weighted by atomic mass is 10.2. The summed E-state index contributed by atoms with van der Waals surface area (Å²) in [4.78, 5) is 14.3. The number of carbonyl (C=O) groups is 1. The molecule has 0 saturated heterocycles. The molecule has 3 N–H and O–H groups in total. The van der Waals surface area contributed by atoms with Gasteiger partial charge in [-0.2, -0.15) is 4.98 Å². The molecule has 0 saturated carbocycles. The van der Waals surface area contributed by atoms with Crippen molar-refractivity contribution in [1.82, 2.24) is 19.9 Å². The Morgan fingerprint density at radius 3 is 2.40 bits per heavy atom. The third-order valence-electron chi connectivity index (χ3n) is 4.95. The molecule has 10 nitrogen and oxygen atoms in total. The molecule has 0 aliphatic heterocycles. The van der Waals surface area contributed by atoms with Gasteiger partial charge in [0.05, 0.1) is 18.7 Å². The molecule has 0 radical (unpaired) electrons. The topological polar surface area (TPSA) is 142 Å². The van der Waals surface area contributed by atoms with Gasteiger partial charge in [-0.1, -0.05) is 17.3 Å². The molecule has 0 aliphatic rings. The maximum Gasteiger partial charge on any atom is 0.374 e. The van der Waals surface area contributed by atoms with Gasteiger partial charge in [-0.3, -0.25) is 0 Å². The van der Waals surface area contributed by atoms with Crippen LogP contribution in [0.25, 0.3) is 28.1 Å². The Bertz CT molecular complexity index is 1490. The summed E-state index contributed by atoms with van der Waals surface area (Å²) in [5.41, 5.74) is 7.90. The average molecular weight is 483 g/mol. The fourth-order valence-electron chi connectivity index (χ4n) is 3.32. The summed E-state index contributed by atoms with van der Waals surface area (Å²) in [5.74, 6) is -1.91. The molecule has 2 aromatic carbocycles. The summed E-state index contributed by atoms with van der Waals surface area (Å²) in [6.45, 7) is 2.03. The highest BCUT2D eigenvalue weighted by Crippen LogP contribution is 2.34. The molecule has 0 unspecified atom stereocenters. The highest BCUT2D eigenvalue weighted by Gasteiger charge is 2.24. The normalized spacial score (nSPS) is 10.8. The number of carboxylic acid groups (broad SMARTS) is 1. The van der Waals surface area contributed by atoms with E-state index in [1.807, 2.05) is 24.3 Å². The molecule has 0 amide bonds. The van der Waals surface area contributed by atoms with Gasteiger partial charge in [-0.25, -0.2) is 13.6 Å². The van der Waals surface area contributed by atoms with E-state index < -0.39 is 17.6 Å². The van der Waals surface area contributed by atoms with E-state index in [2.05, 4.69) is 24.6 Å². The van der Waals surface area contributed by atoms with E-state index in [1.165, 1.54) is 25.3 Å². The van der Waals surface area contributed by atoms with E-state index in [9.17, 15) is 9.18 Å². The van der Waals surface area contributed by atoms with Crippen molar-refractivity contribution in [2.45, 2.75) is 13.5 Å². The van der Waals surface area contributed by atoms with Crippen molar-refractivity contribution >= 4 is 16.9 Å². The molecule has 0 spiro atoms. The number of aromatic carboxylic acids is 1. The standard InChI is InChI=1S/C18H14F2N4O.C5H5NO4/c1-10-22-18(23-25-10)17-16(20)14-8-12(19)4-7-15(14)24(17)13-5-2-11(9-21)3-6-13;1-9-4-2-3(5(7)8)10-6-4/h2-8H,9,21H2,1H3;2H,1H3,(H,7,8). The van der Waals surface area contributed by atoms with Crippen LogP contribution in [0.3, 0.4) is 0 Å². The van der Waals surface area contributed by atoms with Gasteiger partial charge in [-0.05, 0) is 41.1 Å². The Hall–Kier alpha value is -4.58. The third-order valence-corrected chi connectivity index (χ3v) is 4.95. The first-order valence-corrected chi connectivity index (χ1v) is 10.2. The smallest absolute Gasteiger partial charge is 0.374 e. The minimum atomic E-state index is -1.16. The Balaban J connectivity index is 0.000000243. The number of benzene rings is 2. The number of aryl methyl sites for hydroxylation is 1. The summed E-state index contributed by atoms with van der Waals surface area (Å²) >= 11 is 0. The Morgan fingerprint density at radius 2 is 1.86 bits per heavy atom. The lowest BCUT2D eigenvalue weighted by Crippen LogP contribution is -2.01. The number of hydrogen-bond acceptors (Lipinski definition) is 8. The molecule has 0 atom stereocenters. The number of carboxylic acids is 1. The van der Waals surface area contributed by atoms with E-state index in [-0.39, 0.29) is 28.5 Å². The van der Waals surface area contributed by atoms with E-state index >= 15 is 4.39 Å². The van der Waals surface area contributed by atoms with Crippen molar-refractivity contribution < 1.29 is 32.5 Å². The van der Waals surface area contributed by atoms with Gasteiger partial charge in [-0.15, -0.1) is 0 Å². The number of nitrogens with zero attached hydrogens (tertiary/aromatic N) is 4. The van der Waals surface area contributed by atoms with E-state index in [0.717, 1.165) is 11.6 Å². The molecule has 5 aromatic rings. The number of rotatable bonds is 5. The monoisotopic (exact) mass is 483 g/mol. The molecule has 3 aromatic heterocycles. The second-order valence-electron chi connectivity index (χ2n) is 7.21.